The molecule has 1 aliphatic rings. The van der Waals surface area contributed by atoms with E-state index in [1.807, 2.05) is 38.1 Å². The van der Waals surface area contributed by atoms with Crippen molar-refractivity contribution in [1.29, 1.82) is 0 Å². The molecule has 0 unspecified atom stereocenters. The monoisotopic (exact) mass is 344 g/mol. The van der Waals surface area contributed by atoms with Gasteiger partial charge in [-0.2, -0.15) is 5.10 Å². The van der Waals surface area contributed by atoms with Crippen LogP contribution in [0.25, 0.3) is 12.0 Å². The number of benzene rings is 1. The van der Waals surface area contributed by atoms with Crippen LogP contribution in [0.15, 0.2) is 48.7 Å². The average Bonchev–Trinajstić information content (AvgIpc) is 3.05. The highest BCUT2D eigenvalue weighted by Crippen LogP contribution is 2.28. The summed E-state index contributed by atoms with van der Waals surface area (Å²) in [5.41, 5.74) is 4.50. The summed E-state index contributed by atoms with van der Waals surface area (Å²) in [6.45, 7) is 3.87. The van der Waals surface area contributed by atoms with Crippen LogP contribution in [0.2, 0.25) is 0 Å². The first-order valence-corrected chi connectivity index (χ1v) is 8.76. The summed E-state index contributed by atoms with van der Waals surface area (Å²) in [5, 5.41) is 4.40. The molecule has 5 nitrogen and oxygen atoms in total. The van der Waals surface area contributed by atoms with Gasteiger partial charge in [-0.3, -0.25) is 4.79 Å². The number of nitrogens with zero attached hydrogens (tertiary/aromatic N) is 4. The van der Waals surface area contributed by atoms with E-state index in [1.165, 1.54) is 0 Å². The van der Waals surface area contributed by atoms with Gasteiger partial charge in [0, 0.05) is 17.8 Å². The summed E-state index contributed by atoms with van der Waals surface area (Å²) in [6, 6.07) is 12.1. The Kier molecular flexibility index (Phi) is 4.21. The lowest BCUT2D eigenvalue weighted by molar-refractivity contribution is 0.0958. The maximum absolute atomic E-state index is 12.6. The number of hydrogen-bond donors (Lipinski definition) is 0. The molecule has 0 amide bonds. The second-order valence-electron chi connectivity index (χ2n) is 6.73. The second kappa shape index (κ2) is 6.67. The van der Waals surface area contributed by atoms with Crippen molar-refractivity contribution in [2.45, 2.75) is 26.7 Å². The predicted molar refractivity (Wildman–Crippen MR) is 100 cm³/mol. The first-order valence-electron chi connectivity index (χ1n) is 8.76. The molecular formula is C21H20N4O. The topological polar surface area (TPSA) is 60.7 Å². The lowest BCUT2D eigenvalue weighted by Crippen LogP contribution is -2.21. The van der Waals surface area contributed by atoms with Crippen LogP contribution in [0, 0.1) is 19.8 Å². The Morgan fingerprint density at radius 3 is 2.54 bits per heavy atom. The Bertz CT molecular complexity index is 968. The summed E-state index contributed by atoms with van der Waals surface area (Å²) < 4.78 is 1.72. The number of allylic oxidation sites excluding steroid dienone is 1. The molecule has 1 atom stereocenters. The molecule has 3 aromatic rings. The fourth-order valence-corrected chi connectivity index (χ4v) is 3.39. The normalized spacial score (nSPS) is 16.8. The SMILES string of the molecule is Cc1cc(C)nc(-n2ncc3c2C[C@@H](/C=C/c2ccccc2)CC3=O)n1. The molecule has 0 saturated carbocycles. The van der Waals surface area contributed by atoms with E-state index in [0.717, 1.165) is 29.1 Å². The highest BCUT2D eigenvalue weighted by molar-refractivity contribution is 5.98. The van der Waals surface area contributed by atoms with Crippen LogP contribution in [-0.4, -0.2) is 25.5 Å². The van der Waals surface area contributed by atoms with Crippen molar-refractivity contribution in [2.24, 2.45) is 5.92 Å². The Balaban J connectivity index is 1.66. The molecule has 26 heavy (non-hydrogen) atoms. The number of aryl methyl sites for hydroxylation is 2. The fourth-order valence-electron chi connectivity index (χ4n) is 3.39. The molecule has 0 bridgehead atoms. The van der Waals surface area contributed by atoms with Crippen LogP contribution < -0.4 is 0 Å². The molecule has 0 fully saturated rings. The lowest BCUT2D eigenvalue weighted by Gasteiger charge is -2.19. The summed E-state index contributed by atoms with van der Waals surface area (Å²) in [7, 11) is 0. The van der Waals surface area contributed by atoms with Gasteiger partial charge in [-0.05, 0) is 37.8 Å². The van der Waals surface area contributed by atoms with E-state index in [4.69, 9.17) is 0 Å². The molecular weight excluding hydrogens is 324 g/mol. The minimum Gasteiger partial charge on any atom is -0.294 e. The number of carbonyl (C=O) groups excluding carboxylic acids is 1. The van der Waals surface area contributed by atoms with Crippen molar-refractivity contribution in [2.75, 3.05) is 0 Å². The third kappa shape index (κ3) is 3.20. The minimum absolute atomic E-state index is 0.129. The second-order valence-corrected chi connectivity index (χ2v) is 6.73. The summed E-state index contributed by atoms with van der Waals surface area (Å²) in [5.74, 6) is 0.811. The van der Waals surface area contributed by atoms with Crippen molar-refractivity contribution >= 4 is 11.9 Å². The molecule has 4 rings (SSSR count). The number of carbonyl (C=O) groups is 1. The van der Waals surface area contributed by atoms with Crippen molar-refractivity contribution in [1.82, 2.24) is 19.7 Å². The van der Waals surface area contributed by atoms with E-state index in [0.29, 0.717) is 17.9 Å². The third-order valence-corrected chi connectivity index (χ3v) is 4.59. The molecule has 1 aliphatic carbocycles. The number of rotatable bonds is 3. The van der Waals surface area contributed by atoms with Gasteiger partial charge in [0.1, 0.15) is 0 Å². The van der Waals surface area contributed by atoms with Crippen molar-refractivity contribution in [3.05, 3.63) is 76.9 Å². The minimum atomic E-state index is 0.129. The number of hydrogen-bond acceptors (Lipinski definition) is 4. The van der Waals surface area contributed by atoms with Gasteiger partial charge in [0.15, 0.2) is 5.78 Å². The van der Waals surface area contributed by atoms with Crippen LogP contribution in [0.4, 0.5) is 0 Å². The Morgan fingerprint density at radius 1 is 1.08 bits per heavy atom. The van der Waals surface area contributed by atoms with Gasteiger partial charge in [-0.25, -0.2) is 14.6 Å². The number of aromatic nitrogens is 4. The lowest BCUT2D eigenvalue weighted by atomic mass is 9.86. The molecule has 0 aliphatic heterocycles. The van der Waals surface area contributed by atoms with Crippen LogP contribution in [-0.2, 0) is 6.42 Å². The van der Waals surface area contributed by atoms with Crippen molar-refractivity contribution < 1.29 is 4.79 Å². The van der Waals surface area contributed by atoms with Crippen LogP contribution in [0.1, 0.15) is 39.4 Å². The van der Waals surface area contributed by atoms with Gasteiger partial charge in [-0.1, -0.05) is 42.5 Å². The molecule has 2 heterocycles. The first kappa shape index (κ1) is 16.4. The molecule has 0 N–H and O–H groups in total. The van der Waals surface area contributed by atoms with Gasteiger partial charge < -0.3 is 0 Å². The Morgan fingerprint density at radius 2 is 1.81 bits per heavy atom. The van der Waals surface area contributed by atoms with Gasteiger partial charge in [0.25, 0.3) is 5.95 Å². The van der Waals surface area contributed by atoms with Gasteiger partial charge in [-0.15, -0.1) is 0 Å². The van der Waals surface area contributed by atoms with Crippen molar-refractivity contribution in [3.63, 3.8) is 0 Å². The highest BCUT2D eigenvalue weighted by atomic mass is 16.1. The molecule has 0 spiro atoms. The number of Topliss-reactive ketones (excluding diaryl/α,β-unsaturated/α-hetero) is 1. The van der Waals surface area contributed by atoms with E-state index in [2.05, 4.69) is 39.4 Å². The quantitative estimate of drug-likeness (QED) is 0.726. The molecule has 2 aromatic heterocycles. The van der Waals surface area contributed by atoms with Crippen molar-refractivity contribution in [3.8, 4) is 5.95 Å². The van der Waals surface area contributed by atoms with E-state index < -0.39 is 0 Å². The van der Waals surface area contributed by atoms with Crippen LogP contribution in [0.5, 0.6) is 0 Å². The van der Waals surface area contributed by atoms with E-state index in [1.54, 1.807) is 10.9 Å². The van der Waals surface area contributed by atoms with E-state index in [9.17, 15) is 4.79 Å². The van der Waals surface area contributed by atoms with E-state index in [-0.39, 0.29) is 11.7 Å². The molecule has 5 heteroatoms. The average molecular weight is 344 g/mol. The summed E-state index contributed by atoms with van der Waals surface area (Å²) in [6.07, 6.45) is 7.11. The summed E-state index contributed by atoms with van der Waals surface area (Å²) in [4.78, 5) is 21.5. The zero-order valence-corrected chi connectivity index (χ0v) is 14.9. The first-order chi connectivity index (χ1) is 12.6. The predicted octanol–water partition coefficient (Wildman–Crippen LogP) is 3.74. The maximum Gasteiger partial charge on any atom is 0.251 e. The fraction of sp³-hybridized carbons (Fsp3) is 0.238. The molecule has 1 aromatic carbocycles. The Hall–Kier alpha value is -3.08. The maximum atomic E-state index is 12.6. The summed E-state index contributed by atoms with van der Waals surface area (Å²) >= 11 is 0. The molecule has 0 saturated heterocycles. The largest absolute Gasteiger partial charge is 0.294 e. The number of fused-ring (bicyclic) bond motifs is 1. The Labute approximate surface area is 152 Å². The molecule has 130 valence electrons. The van der Waals surface area contributed by atoms with Crippen LogP contribution >= 0.6 is 0 Å². The molecule has 0 radical (unpaired) electrons. The van der Waals surface area contributed by atoms with E-state index >= 15 is 0 Å². The zero-order valence-electron chi connectivity index (χ0n) is 14.9. The van der Waals surface area contributed by atoms with Gasteiger partial charge in [0.2, 0.25) is 0 Å². The standard InChI is InChI=1S/C21H20N4O/c1-14-10-15(2)24-21(23-14)25-19-11-17(12-20(26)18(19)13-22-25)9-8-16-6-4-3-5-7-16/h3-10,13,17H,11-12H2,1-2H3/b9-8+/t17-/m1/s1. The smallest absolute Gasteiger partial charge is 0.251 e. The zero-order chi connectivity index (χ0) is 18.1. The third-order valence-electron chi connectivity index (χ3n) is 4.59. The van der Waals surface area contributed by atoms with Gasteiger partial charge >= 0.3 is 0 Å². The van der Waals surface area contributed by atoms with Gasteiger partial charge in [0.05, 0.1) is 17.5 Å². The number of ketones is 1. The highest BCUT2D eigenvalue weighted by Gasteiger charge is 2.28. The van der Waals surface area contributed by atoms with Crippen LogP contribution in [0.3, 0.4) is 0 Å².